The van der Waals surface area contributed by atoms with E-state index in [9.17, 15) is 21.6 Å². The van der Waals surface area contributed by atoms with Gasteiger partial charge in [0.25, 0.3) is 0 Å². The fourth-order valence-electron chi connectivity index (χ4n) is 2.53. The average Bonchev–Trinajstić information content (AvgIpc) is 2.99. The van der Waals surface area contributed by atoms with Crippen molar-refractivity contribution >= 4 is 10.0 Å². The lowest BCUT2D eigenvalue weighted by molar-refractivity contribution is 0.528. The molecule has 2 aromatic carbocycles. The van der Waals surface area contributed by atoms with Crippen LogP contribution in [0.3, 0.4) is 0 Å². The monoisotopic (exact) mass is 381 g/mol. The van der Waals surface area contributed by atoms with Gasteiger partial charge in [-0.3, -0.25) is 0 Å². The Bertz CT molecular complexity index is 1050. The predicted molar refractivity (Wildman–Crippen MR) is 88.1 cm³/mol. The molecule has 0 aliphatic carbocycles. The number of nitrogens with one attached hydrogen (secondary N) is 1. The van der Waals surface area contributed by atoms with E-state index in [1.165, 1.54) is 29.0 Å². The Hall–Kier alpha value is -2.65. The molecule has 26 heavy (non-hydrogen) atoms. The van der Waals surface area contributed by atoms with Gasteiger partial charge >= 0.3 is 0 Å². The summed E-state index contributed by atoms with van der Waals surface area (Å²) in [4.78, 5) is 3.32. The smallest absolute Gasteiger partial charge is 0.244 e. The van der Waals surface area contributed by atoms with Crippen LogP contribution in [0.15, 0.2) is 59.8 Å². The molecule has 9 heteroatoms. The topological polar surface area (TPSA) is 64.0 Å². The molecule has 0 amide bonds. The normalized spacial score (nSPS) is 12.9. The third-order valence-corrected chi connectivity index (χ3v) is 5.25. The molecule has 0 spiro atoms. The van der Waals surface area contributed by atoms with E-state index in [0.717, 1.165) is 12.1 Å². The van der Waals surface area contributed by atoms with Crippen LogP contribution in [0, 0.1) is 17.5 Å². The van der Waals surface area contributed by atoms with E-state index in [1.54, 1.807) is 19.3 Å². The molecule has 0 radical (unpaired) electrons. The van der Waals surface area contributed by atoms with Gasteiger partial charge < -0.3 is 4.57 Å². The number of aryl methyl sites for hydroxylation is 1. The quantitative estimate of drug-likeness (QED) is 0.739. The molecule has 1 heterocycles. The highest BCUT2D eigenvalue weighted by Gasteiger charge is 2.29. The molecule has 0 saturated carbocycles. The van der Waals surface area contributed by atoms with Gasteiger partial charge in [0.15, 0.2) is 0 Å². The Balaban J connectivity index is 2.09. The Morgan fingerprint density at radius 2 is 1.81 bits per heavy atom. The predicted octanol–water partition coefficient (Wildman–Crippen LogP) is 2.91. The van der Waals surface area contributed by atoms with Gasteiger partial charge in [0.1, 0.15) is 34.2 Å². The van der Waals surface area contributed by atoms with Gasteiger partial charge in [-0.05, 0) is 18.2 Å². The zero-order valence-corrected chi connectivity index (χ0v) is 14.3. The number of aromatic nitrogens is 2. The molecule has 1 N–H and O–H groups in total. The molecule has 0 fully saturated rings. The summed E-state index contributed by atoms with van der Waals surface area (Å²) < 4.78 is 70.3. The maximum atomic E-state index is 14.3. The molecule has 1 atom stereocenters. The third-order valence-electron chi connectivity index (χ3n) is 3.79. The lowest BCUT2D eigenvalue weighted by Crippen LogP contribution is -2.32. The van der Waals surface area contributed by atoms with E-state index < -0.39 is 38.4 Å². The van der Waals surface area contributed by atoms with Gasteiger partial charge in [-0.1, -0.05) is 18.2 Å². The van der Waals surface area contributed by atoms with Crippen LogP contribution in [0.2, 0.25) is 0 Å². The highest BCUT2D eigenvalue weighted by Crippen LogP contribution is 2.26. The van der Waals surface area contributed by atoms with Crippen LogP contribution in [0.5, 0.6) is 0 Å². The Labute approximate surface area is 148 Å². The van der Waals surface area contributed by atoms with Gasteiger partial charge in [-0.2, -0.15) is 4.72 Å². The number of halogens is 3. The molecule has 0 aliphatic rings. The molecule has 3 aromatic rings. The molecule has 0 bridgehead atoms. The van der Waals surface area contributed by atoms with Crippen LogP contribution < -0.4 is 4.72 Å². The summed E-state index contributed by atoms with van der Waals surface area (Å²) in [6.45, 7) is 0. The first-order chi connectivity index (χ1) is 12.3. The van der Waals surface area contributed by atoms with E-state index in [4.69, 9.17) is 0 Å². The van der Waals surface area contributed by atoms with Crippen LogP contribution >= 0.6 is 0 Å². The van der Waals surface area contributed by atoms with Gasteiger partial charge in [0, 0.05) is 31.1 Å². The van der Waals surface area contributed by atoms with Crippen molar-refractivity contribution in [1.82, 2.24) is 14.3 Å². The second-order valence-corrected chi connectivity index (χ2v) is 7.23. The Morgan fingerprint density at radius 3 is 2.42 bits per heavy atom. The van der Waals surface area contributed by atoms with Crippen molar-refractivity contribution in [2.75, 3.05) is 0 Å². The van der Waals surface area contributed by atoms with Gasteiger partial charge in [-0.15, -0.1) is 0 Å². The second-order valence-electron chi connectivity index (χ2n) is 5.55. The zero-order chi connectivity index (χ0) is 18.9. The maximum absolute atomic E-state index is 14.3. The molecule has 3 rings (SSSR count). The number of rotatable bonds is 5. The molecular formula is C17H14F3N3O2S. The highest BCUT2D eigenvalue weighted by atomic mass is 32.2. The lowest BCUT2D eigenvalue weighted by atomic mass is 10.1. The summed E-state index contributed by atoms with van der Waals surface area (Å²) in [6.07, 6.45) is 2.99. The largest absolute Gasteiger partial charge is 0.336 e. The van der Waals surface area contributed by atoms with Crippen LogP contribution in [-0.4, -0.2) is 18.0 Å². The van der Waals surface area contributed by atoms with Crippen molar-refractivity contribution in [1.29, 1.82) is 0 Å². The van der Waals surface area contributed by atoms with Crippen LogP contribution in [0.1, 0.15) is 17.4 Å². The molecule has 0 aliphatic heterocycles. The fraction of sp³-hybridized carbons (Fsp3) is 0.118. The molecule has 0 saturated heterocycles. The average molecular weight is 381 g/mol. The molecule has 1 unspecified atom stereocenters. The summed E-state index contributed by atoms with van der Waals surface area (Å²) in [7, 11) is -2.81. The third kappa shape index (κ3) is 3.49. The van der Waals surface area contributed by atoms with Crippen LogP contribution in [-0.2, 0) is 17.1 Å². The van der Waals surface area contributed by atoms with E-state index in [-0.39, 0.29) is 11.4 Å². The first-order valence-corrected chi connectivity index (χ1v) is 8.97. The summed E-state index contributed by atoms with van der Waals surface area (Å²) >= 11 is 0. The molecule has 1 aromatic heterocycles. The van der Waals surface area contributed by atoms with Crippen molar-refractivity contribution in [3.63, 3.8) is 0 Å². The first kappa shape index (κ1) is 18.2. The van der Waals surface area contributed by atoms with Crippen LogP contribution in [0.4, 0.5) is 13.2 Å². The summed E-state index contributed by atoms with van der Waals surface area (Å²) in [5.74, 6) is -2.59. The van der Waals surface area contributed by atoms with E-state index in [0.29, 0.717) is 6.07 Å². The number of sulfonamides is 1. The molecule has 5 nitrogen and oxygen atoms in total. The summed E-state index contributed by atoms with van der Waals surface area (Å²) in [5, 5.41) is 0. The van der Waals surface area contributed by atoms with Crippen molar-refractivity contribution < 1.29 is 21.6 Å². The van der Waals surface area contributed by atoms with Crippen molar-refractivity contribution in [2.24, 2.45) is 7.05 Å². The van der Waals surface area contributed by atoms with E-state index >= 15 is 0 Å². The summed E-state index contributed by atoms with van der Waals surface area (Å²) in [5.41, 5.74) is 0.0212. The summed E-state index contributed by atoms with van der Waals surface area (Å²) in [6, 6.07) is 6.49. The highest BCUT2D eigenvalue weighted by molar-refractivity contribution is 7.89. The Kier molecular flexibility index (Phi) is 4.84. The molecular weight excluding hydrogens is 367 g/mol. The van der Waals surface area contributed by atoms with E-state index in [1.807, 2.05) is 0 Å². The number of imidazole rings is 1. The second kappa shape index (κ2) is 6.93. The van der Waals surface area contributed by atoms with Gasteiger partial charge in [-0.25, -0.2) is 26.6 Å². The number of hydrogen-bond donors (Lipinski definition) is 1. The maximum Gasteiger partial charge on any atom is 0.244 e. The minimum absolute atomic E-state index is 0.0212. The van der Waals surface area contributed by atoms with E-state index in [2.05, 4.69) is 9.71 Å². The minimum Gasteiger partial charge on any atom is -0.336 e. The minimum atomic E-state index is -4.43. The van der Waals surface area contributed by atoms with Gasteiger partial charge in [0.2, 0.25) is 10.0 Å². The SMILES string of the molecule is Cn1ccnc1C(NS(=O)(=O)c1ccc(F)cc1F)c1ccccc1F. The zero-order valence-electron chi connectivity index (χ0n) is 13.5. The number of hydrogen-bond acceptors (Lipinski definition) is 3. The standard InChI is InChI=1S/C17H14F3N3O2S/c1-23-9-8-21-17(23)16(12-4-2-3-5-13(12)19)22-26(24,25)15-7-6-11(18)10-14(15)20/h2-10,16,22H,1H3. The fourth-order valence-corrected chi connectivity index (χ4v) is 3.76. The Morgan fingerprint density at radius 1 is 1.08 bits per heavy atom. The van der Waals surface area contributed by atoms with Crippen molar-refractivity contribution in [3.8, 4) is 0 Å². The lowest BCUT2D eigenvalue weighted by Gasteiger charge is -2.20. The molecule has 136 valence electrons. The number of benzene rings is 2. The first-order valence-electron chi connectivity index (χ1n) is 7.48. The van der Waals surface area contributed by atoms with Crippen molar-refractivity contribution in [2.45, 2.75) is 10.9 Å². The van der Waals surface area contributed by atoms with Crippen LogP contribution in [0.25, 0.3) is 0 Å². The van der Waals surface area contributed by atoms with Crippen molar-refractivity contribution in [3.05, 3.63) is 83.7 Å². The number of nitrogens with zero attached hydrogens (tertiary/aromatic N) is 2. The van der Waals surface area contributed by atoms with Gasteiger partial charge in [0.05, 0.1) is 0 Å².